The number of nitrogens with one attached hydrogen (secondary N) is 1. The number of ether oxygens (including phenoxy) is 1. The zero-order valence-corrected chi connectivity index (χ0v) is 15.2. The van der Waals surface area contributed by atoms with Crippen molar-refractivity contribution in [3.63, 3.8) is 0 Å². The molecular formula is C15H15Cl2N3O3S. The van der Waals surface area contributed by atoms with Crippen molar-refractivity contribution < 1.29 is 14.3 Å². The van der Waals surface area contributed by atoms with Gasteiger partial charge in [-0.3, -0.25) is 9.59 Å². The van der Waals surface area contributed by atoms with Gasteiger partial charge < -0.3 is 10.1 Å². The van der Waals surface area contributed by atoms with Gasteiger partial charge in [-0.2, -0.15) is 0 Å². The molecule has 0 aliphatic carbocycles. The highest BCUT2D eigenvalue weighted by Crippen LogP contribution is 2.21. The zero-order chi connectivity index (χ0) is 17.5. The molecule has 1 heterocycles. The van der Waals surface area contributed by atoms with Crippen LogP contribution in [-0.2, 0) is 20.9 Å². The minimum Gasteiger partial charge on any atom is -0.461 e. The van der Waals surface area contributed by atoms with E-state index in [-0.39, 0.29) is 31.3 Å². The van der Waals surface area contributed by atoms with Gasteiger partial charge in [-0.15, -0.1) is 10.2 Å². The molecule has 2 rings (SSSR count). The molecule has 0 unspecified atom stereocenters. The van der Waals surface area contributed by atoms with Crippen LogP contribution in [-0.4, -0.2) is 22.1 Å². The molecular weight excluding hydrogens is 373 g/mol. The molecule has 128 valence electrons. The number of carbonyl (C=O) groups excluding carboxylic acids is 2. The fraction of sp³-hybridized carbons (Fsp3) is 0.333. The van der Waals surface area contributed by atoms with Gasteiger partial charge in [0.15, 0.2) is 0 Å². The van der Waals surface area contributed by atoms with E-state index in [0.717, 1.165) is 5.01 Å². The smallest absolute Gasteiger partial charge is 0.306 e. The number of hydrogen-bond acceptors (Lipinski definition) is 6. The SMILES string of the molecule is Cc1nnc(NC(=O)CCCC(=O)OCc2ccc(Cl)cc2Cl)s1. The monoisotopic (exact) mass is 387 g/mol. The molecule has 0 saturated carbocycles. The standard InChI is InChI=1S/C15H15Cl2N3O3S/c1-9-19-20-15(24-9)18-13(21)3-2-4-14(22)23-8-10-5-6-11(16)7-12(10)17/h5-7H,2-4,8H2,1H3,(H,18,20,21). The summed E-state index contributed by atoms with van der Waals surface area (Å²) in [6, 6.07) is 4.97. The van der Waals surface area contributed by atoms with Crippen LogP contribution in [0.5, 0.6) is 0 Å². The summed E-state index contributed by atoms with van der Waals surface area (Å²) < 4.78 is 5.13. The number of nitrogens with zero attached hydrogens (tertiary/aromatic N) is 2. The molecule has 24 heavy (non-hydrogen) atoms. The highest BCUT2D eigenvalue weighted by atomic mass is 35.5. The third kappa shape index (κ3) is 6.07. The molecule has 6 nitrogen and oxygen atoms in total. The van der Waals surface area contributed by atoms with Crippen LogP contribution in [0.1, 0.15) is 29.8 Å². The van der Waals surface area contributed by atoms with Crippen LogP contribution in [0.2, 0.25) is 10.0 Å². The van der Waals surface area contributed by atoms with Crippen LogP contribution in [0.3, 0.4) is 0 Å². The number of hydrogen-bond donors (Lipinski definition) is 1. The molecule has 0 saturated heterocycles. The summed E-state index contributed by atoms with van der Waals surface area (Å²) in [5, 5.41) is 12.4. The molecule has 0 atom stereocenters. The molecule has 0 spiro atoms. The number of rotatable bonds is 7. The van der Waals surface area contributed by atoms with Gasteiger partial charge >= 0.3 is 5.97 Å². The van der Waals surface area contributed by atoms with Gasteiger partial charge in [0.05, 0.1) is 0 Å². The van der Waals surface area contributed by atoms with Crippen LogP contribution in [0.25, 0.3) is 0 Å². The Balaban J connectivity index is 1.66. The first kappa shape index (κ1) is 18.6. The third-order valence-electron chi connectivity index (χ3n) is 2.96. The van der Waals surface area contributed by atoms with Gasteiger partial charge in [-0.05, 0) is 25.5 Å². The minimum atomic E-state index is -0.388. The van der Waals surface area contributed by atoms with Crippen LogP contribution in [0.4, 0.5) is 5.13 Å². The van der Waals surface area contributed by atoms with Crippen molar-refractivity contribution in [3.05, 3.63) is 38.8 Å². The van der Waals surface area contributed by atoms with Crippen LogP contribution in [0, 0.1) is 6.92 Å². The van der Waals surface area contributed by atoms with E-state index in [1.54, 1.807) is 25.1 Å². The number of aryl methyl sites for hydroxylation is 1. The number of benzene rings is 1. The second kappa shape index (κ2) is 8.96. The Labute approximate surface area is 153 Å². The van der Waals surface area contributed by atoms with Crippen molar-refractivity contribution in [2.24, 2.45) is 0 Å². The molecule has 9 heteroatoms. The quantitative estimate of drug-likeness (QED) is 0.725. The van der Waals surface area contributed by atoms with E-state index in [0.29, 0.717) is 27.2 Å². The predicted molar refractivity (Wildman–Crippen MR) is 93.4 cm³/mol. The van der Waals surface area contributed by atoms with E-state index in [1.165, 1.54) is 11.3 Å². The molecule has 0 fully saturated rings. The summed E-state index contributed by atoms with van der Waals surface area (Å²) in [6.07, 6.45) is 0.736. The maximum Gasteiger partial charge on any atom is 0.306 e. The van der Waals surface area contributed by atoms with Crippen molar-refractivity contribution in [1.29, 1.82) is 0 Å². The summed E-state index contributed by atoms with van der Waals surface area (Å²) in [7, 11) is 0. The lowest BCUT2D eigenvalue weighted by Gasteiger charge is -2.07. The van der Waals surface area contributed by atoms with Gasteiger partial charge in [0.2, 0.25) is 11.0 Å². The molecule has 1 amide bonds. The molecule has 0 bridgehead atoms. The van der Waals surface area contributed by atoms with E-state index < -0.39 is 0 Å². The van der Waals surface area contributed by atoms with E-state index in [9.17, 15) is 9.59 Å². The van der Waals surface area contributed by atoms with Gasteiger partial charge in [-0.25, -0.2) is 0 Å². The Morgan fingerprint density at radius 2 is 2.04 bits per heavy atom. The van der Waals surface area contributed by atoms with Gasteiger partial charge in [0.25, 0.3) is 0 Å². The van der Waals surface area contributed by atoms with Gasteiger partial charge in [0.1, 0.15) is 11.6 Å². The Hall–Kier alpha value is -1.70. The normalized spacial score (nSPS) is 10.5. The average molecular weight is 388 g/mol. The largest absolute Gasteiger partial charge is 0.461 e. The Kier molecular flexibility index (Phi) is 6.96. The first-order valence-electron chi connectivity index (χ1n) is 7.13. The third-order valence-corrected chi connectivity index (χ3v) is 4.30. The van der Waals surface area contributed by atoms with Crippen molar-refractivity contribution in [2.45, 2.75) is 32.8 Å². The lowest BCUT2D eigenvalue weighted by molar-refractivity contribution is -0.145. The fourth-order valence-corrected chi connectivity index (χ4v) is 2.86. The number of aromatic nitrogens is 2. The van der Waals surface area contributed by atoms with E-state index in [1.807, 2.05) is 0 Å². The first-order valence-corrected chi connectivity index (χ1v) is 8.71. The maximum atomic E-state index is 11.7. The number of halogens is 2. The van der Waals surface area contributed by atoms with E-state index in [2.05, 4.69) is 15.5 Å². The predicted octanol–water partition coefficient (Wildman–Crippen LogP) is 4.01. The lowest BCUT2D eigenvalue weighted by atomic mass is 10.2. The summed E-state index contributed by atoms with van der Waals surface area (Å²) >= 11 is 13.1. The summed E-state index contributed by atoms with van der Waals surface area (Å²) in [5.74, 6) is -0.597. The minimum absolute atomic E-state index is 0.0745. The number of amides is 1. The van der Waals surface area contributed by atoms with E-state index >= 15 is 0 Å². The number of esters is 1. The Morgan fingerprint density at radius 3 is 2.71 bits per heavy atom. The maximum absolute atomic E-state index is 11.7. The molecule has 0 aliphatic rings. The number of carbonyl (C=O) groups is 2. The fourth-order valence-electron chi connectivity index (χ4n) is 1.79. The van der Waals surface area contributed by atoms with Crippen LogP contribution >= 0.6 is 34.5 Å². The second-order valence-electron chi connectivity index (χ2n) is 4.92. The molecule has 0 radical (unpaired) electrons. The highest BCUT2D eigenvalue weighted by molar-refractivity contribution is 7.15. The van der Waals surface area contributed by atoms with Crippen LogP contribution in [0.15, 0.2) is 18.2 Å². The van der Waals surface area contributed by atoms with Crippen molar-refractivity contribution in [1.82, 2.24) is 10.2 Å². The first-order chi connectivity index (χ1) is 11.4. The molecule has 2 aromatic rings. The summed E-state index contributed by atoms with van der Waals surface area (Å²) in [6.45, 7) is 1.88. The van der Waals surface area contributed by atoms with Crippen molar-refractivity contribution >= 4 is 51.5 Å². The molecule has 1 aromatic carbocycles. The van der Waals surface area contributed by atoms with Gasteiger partial charge in [0, 0.05) is 28.5 Å². The van der Waals surface area contributed by atoms with E-state index in [4.69, 9.17) is 27.9 Å². The average Bonchev–Trinajstić information content (AvgIpc) is 2.91. The second-order valence-corrected chi connectivity index (χ2v) is 6.95. The molecule has 1 aromatic heterocycles. The summed E-state index contributed by atoms with van der Waals surface area (Å²) in [4.78, 5) is 23.4. The molecule has 0 aliphatic heterocycles. The van der Waals surface area contributed by atoms with Gasteiger partial charge in [-0.1, -0.05) is 40.6 Å². The Bertz CT molecular complexity index is 737. The molecule has 1 N–H and O–H groups in total. The topological polar surface area (TPSA) is 81.2 Å². The highest BCUT2D eigenvalue weighted by Gasteiger charge is 2.10. The van der Waals surface area contributed by atoms with Crippen LogP contribution < -0.4 is 5.32 Å². The van der Waals surface area contributed by atoms with Crippen molar-refractivity contribution in [3.8, 4) is 0 Å². The lowest BCUT2D eigenvalue weighted by Crippen LogP contribution is -2.12. The Morgan fingerprint density at radius 1 is 1.25 bits per heavy atom. The number of anilines is 1. The summed E-state index contributed by atoms with van der Waals surface area (Å²) in [5.41, 5.74) is 0.679. The zero-order valence-electron chi connectivity index (χ0n) is 12.8. The van der Waals surface area contributed by atoms with Crippen molar-refractivity contribution in [2.75, 3.05) is 5.32 Å².